The van der Waals surface area contributed by atoms with Crippen molar-refractivity contribution in [1.29, 1.82) is 0 Å². The van der Waals surface area contributed by atoms with Crippen molar-refractivity contribution in [2.24, 2.45) is 5.92 Å². The number of amides is 2. The molecule has 10 heteroatoms. The summed E-state index contributed by atoms with van der Waals surface area (Å²) in [4.78, 5) is 38.3. The molecule has 1 atom stereocenters. The summed E-state index contributed by atoms with van der Waals surface area (Å²) in [5.41, 5.74) is 3.96. The molecule has 3 aromatic rings. The first kappa shape index (κ1) is 36.2. The summed E-state index contributed by atoms with van der Waals surface area (Å²) in [7, 11) is 1.46. The second-order valence-corrected chi connectivity index (χ2v) is 15.8. The monoisotopic (exact) mass is 663 g/mol. The molecule has 2 aromatic carbocycles. The Balaban J connectivity index is 1.48. The van der Waals surface area contributed by atoms with Gasteiger partial charge in [-0.1, -0.05) is 44.1 Å². The fraction of sp³-hybridized carbons (Fsp3) is 0.486. The topological polar surface area (TPSA) is 104 Å². The standard InChI is InChI=1S/C37H49N3O6S/c1-25-10-11-28(34(41)40(44-8)31-20-27(24-47(9)43)18-29(22-31)36(2,3)4)21-33(25)45-32-12-15-38-30(23-32)19-26-13-16-39(17-14-26)35(42)46-37(5,6)7/h10-12,15,18,20-23,26H,13-14,16-17,19,24H2,1-9H3. The lowest BCUT2D eigenvalue weighted by molar-refractivity contribution is 0.0184. The zero-order valence-corrected chi connectivity index (χ0v) is 30.0. The molecule has 1 saturated heterocycles. The lowest BCUT2D eigenvalue weighted by Gasteiger charge is -2.33. The molecule has 4 rings (SSSR count). The summed E-state index contributed by atoms with van der Waals surface area (Å²) in [5, 5.41) is 1.27. The number of pyridine rings is 1. The third-order valence-electron chi connectivity index (χ3n) is 8.03. The third kappa shape index (κ3) is 10.2. The minimum Gasteiger partial charge on any atom is -0.616 e. The van der Waals surface area contributed by atoms with E-state index in [1.54, 1.807) is 35.6 Å². The number of rotatable bonds is 9. The maximum Gasteiger partial charge on any atom is 0.410 e. The van der Waals surface area contributed by atoms with Gasteiger partial charge < -0.3 is 18.9 Å². The molecule has 254 valence electrons. The number of ether oxygens (including phenoxy) is 2. The quantitative estimate of drug-likeness (QED) is 0.170. The number of piperidine rings is 1. The molecule has 1 fully saturated rings. The van der Waals surface area contributed by atoms with Crippen molar-refractivity contribution in [3.8, 4) is 11.5 Å². The van der Waals surface area contributed by atoms with Gasteiger partial charge >= 0.3 is 6.09 Å². The van der Waals surface area contributed by atoms with Crippen molar-refractivity contribution in [2.45, 2.75) is 84.5 Å². The van der Waals surface area contributed by atoms with E-state index in [1.165, 1.54) is 12.2 Å². The molecule has 1 aliphatic rings. The van der Waals surface area contributed by atoms with Crippen LogP contribution < -0.4 is 9.80 Å². The first-order chi connectivity index (χ1) is 22.0. The Hall–Kier alpha value is -3.60. The average molecular weight is 664 g/mol. The Morgan fingerprint density at radius 2 is 1.72 bits per heavy atom. The number of anilines is 1. The lowest BCUT2D eigenvalue weighted by Crippen LogP contribution is -2.42. The highest BCUT2D eigenvalue weighted by molar-refractivity contribution is 7.89. The van der Waals surface area contributed by atoms with Gasteiger partial charge in [0.1, 0.15) is 22.9 Å². The van der Waals surface area contributed by atoms with E-state index in [-0.39, 0.29) is 17.4 Å². The molecule has 2 amide bonds. The van der Waals surface area contributed by atoms with E-state index in [0.29, 0.717) is 47.5 Å². The zero-order chi connectivity index (χ0) is 34.5. The smallest absolute Gasteiger partial charge is 0.410 e. The second kappa shape index (κ2) is 15.1. The van der Waals surface area contributed by atoms with E-state index in [9.17, 15) is 14.1 Å². The Bertz CT molecular complexity index is 1550. The highest BCUT2D eigenvalue weighted by Crippen LogP contribution is 2.32. The largest absolute Gasteiger partial charge is 0.616 e. The van der Waals surface area contributed by atoms with E-state index < -0.39 is 16.8 Å². The lowest BCUT2D eigenvalue weighted by atomic mass is 9.86. The minimum atomic E-state index is -1.04. The Kier molecular flexibility index (Phi) is 11.6. The van der Waals surface area contributed by atoms with Crippen molar-refractivity contribution in [1.82, 2.24) is 9.88 Å². The van der Waals surface area contributed by atoms with Crippen molar-refractivity contribution in [2.75, 3.05) is 31.5 Å². The van der Waals surface area contributed by atoms with Gasteiger partial charge in [0.05, 0.1) is 19.1 Å². The number of carbonyl (C=O) groups excluding carboxylic acids is 2. The SMILES string of the molecule is CON(C(=O)c1ccc(C)c(Oc2ccnc(CC3CCN(C(=O)OC(C)(C)C)CC3)c2)c1)c1cc(C[S+](C)[O-])cc(C(C)(C)C)c1. The molecule has 1 aromatic heterocycles. The summed E-state index contributed by atoms with van der Waals surface area (Å²) in [5.74, 6) is 1.62. The van der Waals surface area contributed by atoms with Crippen LogP contribution in [0.2, 0.25) is 0 Å². The number of nitrogens with zero attached hydrogens (tertiary/aromatic N) is 3. The number of benzene rings is 2. The number of aryl methyl sites for hydroxylation is 1. The van der Waals surface area contributed by atoms with Crippen LogP contribution in [0.15, 0.2) is 54.7 Å². The Morgan fingerprint density at radius 1 is 1.02 bits per heavy atom. The van der Waals surface area contributed by atoms with Gasteiger partial charge in [0.25, 0.3) is 5.91 Å². The molecular formula is C37H49N3O6S. The van der Waals surface area contributed by atoms with Crippen LogP contribution in [-0.4, -0.2) is 58.5 Å². The van der Waals surface area contributed by atoms with Gasteiger partial charge in [-0.25, -0.2) is 4.79 Å². The van der Waals surface area contributed by atoms with E-state index in [1.807, 2.05) is 58.0 Å². The molecule has 0 N–H and O–H groups in total. The first-order valence-corrected chi connectivity index (χ1v) is 17.8. The van der Waals surface area contributed by atoms with Gasteiger partial charge in [-0.15, -0.1) is 0 Å². The van der Waals surface area contributed by atoms with Gasteiger partial charge in [0.15, 0.2) is 0 Å². The van der Waals surface area contributed by atoms with Crippen LogP contribution in [0.1, 0.15) is 87.1 Å². The zero-order valence-electron chi connectivity index (χ0n) is 29.2. The summed E-state index contributed by atoms with van der Waals surface area (Å²) >= 11 is -1.04. The van der Waals surface area contributed by atoms with E-state index in [2.05, 4.69) is 25.8 Å². The maximum absolute atomic E-state index is 13.8. The van der Waals surface area contributed by atoms with Crippen LogP contribution in [0.25, 0.3) is 0 Å². The van der Waals surface area contributed by atoms with Gasteiger partial charge in [-0.3, -0.25) is 14.6 Å². The van der Waals surface area contributed by atoms with Gasteiger partial charge in [-0.2, -0.15) is 5.06 Å². The molecular weight excluding hydrogens is 614 g/mol. The predicted molar refractivity (Wildman–Crippen MR) is 186 cm³/mol. The molecule has 0 radical (unpaired) electrons. The fourth-order valence-corrected chi connectivity index (χ4v) is 6.14. The van der Waals surface area contributed by atoms with Crippen LogP contribution >= 0.6 is 0 Å². The highest BCUT2D eigenvalue weighted by Gasteiger charge is 2.28. The van der Waals surface area contributed by atoms with Gasteiger partial charge in [0.2, 0.25) is 0 Å². The summed E-state index contributed by atoms with van der Waals surface area (Å²) in [6.07, 6.45) is 5.68. The Labute approximate surface area is 282 Å². The number of aromatic nitrogens is 1. The molecule has 0 spiro atoms. The minimum absolute atomic E-state index is 0.186. The van der Waals surface area contributed by atoms with Crippen LogP contribution in [-0.2, 0) is 38.3 Å². The van der Waals surface area contributed by atoms with Gasteiger partial charge in [-0.05, 0) is 99.7 Å². The van der Waals surface area contributed by atoms with Crippen molar-refractivity contribution < 1.29 is 28.5 Å². The number of hydroxylamine groups is 1. The van der Waals surface area contributed by atoms with Crippen molar-refractivity contribution >= 4 is 28.9 Å². The van der Waals surface area contributed by atoms with Crippen LogP contribution in [0.4, 0.5) is 10.5 Å². The van der Waals surface area contributed by atoms with E-state index in [0.717, 1.165) is 41.6 Å². The number of carbonyl (C=O) groups is 2. The molecule has 1 unspecified atom stereocenters. The summed E-state index contributed by atoms with van der Waals surface area (Å²) < 4.78 is 23.9. The van der Waals surface area contributed by atoms with E-state index >= 15 is 0 Å². The first-order valence-electron chi connectivity index (χ1n) is 16.1. The molecule has 1 aliphatic heterocycles. The van der Waals surface area contributed by atoms with Crippen LogP contribution in [0, 0.1) is 12.8 Å². The van der Waals surface area contributed by atoms with Crippen LogP contribution in [0.3, 0.4) is 0 Å². The number of hydrogen-bond donors (Lipinski definition) is 0. The molecule has 47 heavy (non-hydrogen) atoms. The van der Waals surface area contributed by atoms with E-state index in [4.69, 9.17) is 14.3 Å². The number of hydrogen-bond acceptors (Lipinski definition) is 7. The van der Waals surface area contributed by atoms with Crippen LogP contribution in [0.5, 0.6) is 11.5 Å². The molecule has 9 nitrogen and oxygen atoms in total. The van der Waals surface area contributed by atoms with Crippen molar-refractivity contribution in [3.05, 3.63) is 82.7 Å². The maximum atomic E-state index is 13.8. The summed E-state index contributed by atoms with van der Waals surface area (Å²) in [6, 6.07) is 14.9. The molecule has 0 aliphatic carbocycles. The molecule has 0 saturated carbocycles. The number of likely N-dealkylation sites (tertiary alicyclic amines) is 1. The normalized spacial score (nSPS) is 14.9. The summed E-state index contributed by atoms with van der Waals surface area (Å²) in [6.45, 7) is 15.2. The molecule has 2 heterocycles. The molecule has 0 bridgehead atoms. The van der Waals surface area contributed by atoms with Gasteiger partial charge in [0, 0.05) is 42.2 Å². The average Bonchev–Trinajstić information content (AvgIpc) is 2.97. The third-order valence-corrected chi connectivity index (χ3v) is 8.77. The predicted octanol–water partition coefficient (Wildman–Crippen LogP) is 7.76. The Morgan fingerprint density at radius 3 is 2.34 bits per heavy atom. The van der Waals surface area contributed by atoms with Crippen molar-refractivity contribution in [3.63, 3.8) is 0 Å². The second-order valence-electron chi connectivity index (χ2n) is 14.3. The highest BCUT2D eigenvalue weighted by atomic mass is 32.2. The fourth-order valence-electron chi connectivity index (χ4n) is 5.51.